The van der Waals surface area contributed by atoms with Gasteiger partial charge in [-0.1, -0.05) is 48.1 Å². The summed E-state index contributed by atoms with van der Waals surface area (Å²) in [6.45, 7) is 16.4. The fourth-order valence-corrected chi connectivity index (χ4v) is 9.90. The highest BCUT2D eigenvalue weighted by molar-refractivity contribution is 6.82. The van der Waals surface area contributed by atoms with Gasteiger partial charge in [0.25, 0.3) is 5.56 Å². The van der Waals surface area contributed by atoms with Gasteiger partial charge < -0.3 is 20.7 Å². The van der Waals surface area contributed by atoms with E-state index in [2.05, 4.69) is 53.1 Å². The van der Waals surface area contributed by atoms with Crippen LogP contribution in [0.3, 0.4) is 0 Å². The van der Waals surface area contributed by atoms with E-state index < -0.39 is 43.0 Å². The molecule has 9 heteroatoms. The van der Waals surface area contributed by atoms with Crippen LogP contribution in [0.5, 0.6) is 0 Å². The smallest absolute Gasteiger partial charge is 0.330 e. The first-order chi connectivity index (χ1) is 13.5. The minimum absolute atomic E-state index is 0.0268. The number of nitrogens with zero attached hydrogens (tertiary/aromatic N) is 1. The summed E-state index contributed by atoms with van der Waals surface area (Å²) in [6.07, 6.45) is -0.346. The normalized spacial score (nSPS) is 28.4. The zero-order valence-corrected chi connectivity index (χ0v) is 20.6. The number of aromatic amines is 1. The number of hydrogen-bond donors (Lipinski definition) is 4. The number of hydrogen-bond acceptors (Lipinski definition) is 6. The first kappa shape index (κ1) is 25.0. The molecule has 1 aromatic heterocycles. The summed E-state index contributed by atoms with van der Waals surface area (Å²) in [7, 11) is -2.51. The summed E-state index contributed by atoms with van der Waals surface area (Å²) in [5.74, 6) is 0. The van der Waals surface area contributed by atoms with E-state index >= 15 is 0 Å². The van der Waals surface area contributed by atoms with Crippen LogP contribution >= 0.6 is 0 Å². The van der Waals surface area contributed by atoms with Crippen LogP contribution in [0.4, 0.5) is 0 Å². The topological polar surface area (TPSA) is 131 Å². The van der Waals surface area contributed by atoms with Gasteiger partial charge in [-0.3, -0.25) is 14.3 Å². The number of ether oxygens (including phenoxy) is 1. The molecule has 0 aliphatic carbocycles. The molecular formula is C21H39N3O5Si. The average Bonchev–Trinajstić information content (AvgIpc) is 2.92. The Morgan fingerprint density at radius 1 is 1.33 bits per heavy atom. The second-order valence-corrected chi connectivity index (χ2v) is 16.5. The molecule has 0 amide bonds. The Morgan fingerprint density at radius 3 is 2.37 bits per heavy atom. The van der Waals surface area contributed by atoms with Crippen molar-refractivity contribution >= 4 is 8.07 Å². The molecule has 5 atom stereocenters. The lowest BCUT2D eigenvalue weighted by molar-refractivity contribution is -0.139. The highest BCUT2D eigenvalue weighted by atomic mass is 28.3. The van der Waals surface area contributed by atoms with E-state index in [4.69, 9.17) is 10.5 Å². The molecule has 0 radical (unpaired) electrons. The van der Waals surface area contributed by atoms with Crippen LogP contribution < -0.4 is 17.0 Å². The summed E-state index contributed by atoms with van der Waals surface area (Å²) in [5, 5.41) is 22.6. The lowest BCUT2D eigenvalue weighted by Crippen LogP contribution is -2.68. The second-order valence-electron chi connectivity index (χ2n) is 11.3. The van der Waals surface area contributed by atoms with Gasteiger partial charge in [-0.25, -0.2) is 4.79 Å². The number of aliphatic hydroxyl groups is 2. The van der Waals surface area contributed by atoms with Gasteiger partial charge in [-0.15, -0.1) is 0 Å². The lowest BCUT2D eigenvalue weighted by Gasteiger charge is -2.52. The Bertz CT molecular complexity index is 884. The van der Waals surface area contributed by atoms with Gasteiger partial charge in [0.2, 0.25) is 0 Å². The molecule has 2 rings (SSSR count). The van der Waals surface area contributed by atoms with Crippen molar-refractivity contribution in [1.82, 2.24) is 9.55 Å². The van der Waals surface area contributed by atoms with Crippen LogP contribution in [0.2, 0.25) is 17.6 Å². The van der Waals surface area contributed by atoms with Crippen molar-refractivity contribution in [3.63, 3.8) is 0 Å². The molecule has 1 aromatic rings. The van der Waals surface area contributed by atoms with Crippen LogP contribution in [0.25, 0.3) is 0 Å². The van der Waals surface area contributed by atoms with E-state index in [-0.39, 0.29) is 23.4 Å². The van der Waals surface area contributed by atoms with Crippen molar-refractivity contribution in [2.75, 3.05) is 6.54 Å². The number of aryl methyl sites for hydroxylation is 1. The van der Waals surface area contributed by atoms with E-state index in [1.54, 1.807) is 6.92 Å². The fourth-order valence-electron chi connectivity index (χ4n) is 4.70. The zero-order chi connectivity index (χ0) is 23.3. The molecule has 1 fully saturated rings. The number of rotatable bonds is 5. The van der Waals surface area contributed by atoms with Gasteiger partial charge in [0.15, 0.2) is 0 Å². The molecule has 172 valence electrons. The molecule has 0 spiro atoms. The van der Waals surface area contributed by atoms with Gasteiger partial charge in [-0.2, -0.15) is 0 Å². The molecule has 1 aliphatic rings. The standard InChI is InChI=1S/C21H39N3O5Si/c1-13-10-24(18(28)23-16(13)26)15-9-14(25)21(11-22,29-15)17(27)30(8,20(5,6)7)12-19(2,3)4/h10,14-15,17,25,27H,9,11-12,22H2,1-8H3,(H,23,26,28)/t14-,15+,17?,21-,30?/m0/s1. The number of aromatic nitrogens is 2. The van der Waals surface area contributed by atoms with Crippen LogP contribution in [-0.4, -0.2) is 51.8 Å². The maximum atomic E-state index is 12.4. The summed E-state index contributed by atoms with van der Waals surface area (Å²) >= 11 is 0. The predicted octanol–water partition coefficient (Wildman–Crippen LogP) is 1.65. The van der Waals surface area contributed by atoms with E-state index in [1.165, 1.54) is 10.8 Å². The number of aliphatic hydroxyl groups excluding tert-OH is 2. The SMILES string of the molecule is Cc1cn([C@H]2C[C@H](O)[C@@](CN)(C(O)[Si](C)(CC(C)(C)C)C(C)(C)C)O2)c(=O)[nH]c1=O. The highest BCUT2D eigenvalue weighted by Gasteiger charge is 2.61. The van der Waals surface area contributed by atoms with Crippen molar-refractivity contribution in [2.24, 2.45) is 11.1 Å². The van der Waals surface area contributed by atoms with Crippen molar-refractivity contribution < 1.29 is 14.9 Å². The first-order valence-corrected chi connectivity index (χ1v) is 13.3. The van der Waals surface area contributed by atoms with E-state index in [0.29, 0.717) is 5.56 Å². The first-order valence-electron chi connectivity index (χ1n) is 10.5. The van der Waals surface area contributed by atoms with E-state index in [1.807, 2.05) is 0 Å². The molecule has 0 bridgehead atoms. The minimum atomic E-state index is -2.51. The van der Waals surface area contributed by atoms with Gasteiger partial charge in [0.1, 0.15) is 11.8 Å². The van der Waals surface area contributed by atoms with Crippen molar-refractivity contribution in [1.29, 1.82) is 0 Å². The van der Waals surface area contributed by atoms with Gasteiger partial charge in [0.05, 0.1) is 19.9 Å². The summed E-state index contributed by atoms with van der Waals surface area (Å²) in [6, 6.07) is 0.810. The third kappa shape index (κ3) is 4.36. The lowest BCUT2D eigenvalue weighted by atomic mass is 9.97. The van der Waals surface area contributed by atoms with Crippen molar-refractivity contribution in [3.05, 3.63) is 32.6 Å². The monoisotopic (exact) mass is 441 g/mol. The van der Waals surface area contributed by atoms with Crippen molar-refractivity contribution in [3.8, 4) is 0 Å². The van der Waals surface area contributed by atoms with Crippen LogP contribution in [0.1, 0.15) is 59.8 Å². The quantitative estimate of drug-likeness (QED) is 0.514. The molecule has 30 heavy (non-hydrogen) atoms. The highest BCUT2D eigenvalue weighted by Crippen LogP contribution is 2.51. The molecule has 1 saturated heterocycles. The van der Waals surface area contributed by atoms with Gasteiger partial charge >= 0.3 is 5.69 Å². The molecule has 0 saturated carbocycles. The van der Waals surface area contributed by atoms with Gasteiger partial charge in [-0.05, 0) is 23.4 Å². The second kappa shape index (κ2) is 8.02. The number of H-pyrrole nitrogens is 1. The molecule has 5 N–H and O–H groups in total. The Hall–Kier alpha value is -1.26. The number of nitrogens with two attached hydrogens (primary N) is 1. The van der Waals surface area contributed by atoms with Crippen molar-refractivity contribution in [2.45, 2.75) is 96.2 Å². The zero-order valence-electron chi connectivity index (χ0n) is 19.6. The third-order valence-electron chi connectivity index (χ3n) is 6.80. The van der Waals surface area contributed by atoms with Gasteiger partial charge in [0, 0.05) is 24.7 Å². The Balaban J connectivity index is 2.53. The van der Waals surface area contributed by atoms with E-state index in [9.17, 15) is 19.8 Å². The predicted molar refractivity (Wildman–Crippen MR) is 120 cm³/mol. The fraction of sp³-hybridized carbons (Fsp3) is 0.810. The molecule has 8 nitrogen and oxygen atoms in total. The molecular weight excluding hydrogens is 402 g/mol. The maximum Gasteiger partial charge on any atom is 0.330 e. The van der Waals surface area contributed by atoms with Crippen LogP contribution in [0.15, 0.2) is 15.8 Å². The Morgan fingerprint density at radius 2 is 1.90 bits per heavy atom. The van der Waals surface area contributed by atoms with Crippen LogP contribution in [-0.2, 0) is 4.74 Å². The summed E-state index contributed by atoms with van der Waals surface area (Å²) in [4.78, 5) is 26.3. The largest absolute Gasteiger partial charge is 0.393 e. The minimum Gasteiger partial charge on any atom is -0.393 e. The molecule has 2 unspecified atom stereocenters. The summed E-state index contributed by atoms with van der Waals surface area (Å²) in [5.41, 5.74) is 3.06. The summed E-state index contributed by atoms with van der Waals surface area (Å²) < 4.78 is 7.51. The molecule has 0 aromatic carbocycles. The third-order valence-corrected chi connectivity index (χ3v) is 13.7. The van der Waals surface area contributed by atoms with E-state index in [0.717, 1.165) is 6.04 Å². The Kier molecular flexibility index (Phi) is 6.68. The Labute approximate surface area is 179 Å². The number of nitrogens with one attached hydrogen (secondary N) is 1. The van der Waals surface area contributed by atoms with Crippen LogP contribution in [0, 0.1) is 12.3 Å². The molecule has 1 aliphatic heterocycles. The average molecular weight is 442 g/mol. The maximum absolute atomic E-state index is 12.4. The molecule has 2 heterocycles.